The van der Waals surface area contributed by atoms with E-state index in [2.05, 4.69) is 15.3 Å². The number of aromatic amines is 1. The molecule has 2 N–H and O–H groups in total. The fourth-order valence-corrected chi connectivity index (χ4v) is 2.20. The molecule has 1 amide bonds. The van der Waals surface area contributed by atoms with Crippen LogP contribution in [-0.2, 0) is 0 Å². The molecular weight excluding hydrogens is 304 g/mol. The van der Waals surface area contributed by atoms with Crippen molar-refractivity contribution in [2.24, 2.45) is 0 Å². The summed E-state index contributed by atoms with van der Waals surface area (Å²) in [5.74, 6) is -0.484. The zero-order chi connectivity index (χ0) is 16.9. The van der Waals surface area contributed by atoms with E-state index in [0.717, 1.165) is 5.56 Å². The normalized spacial score (nSPS) is 9.96. The zero-order valence-electron chi connectivity index (χ0n) is 12.5. The van der Waals surface area contributed by atoms with E-state index < -0.39 is 11.6 Å². The first-order valence-electron chi connectivity index (χ1n) is 7.14. The third kappa shape index (κ3) is 3.36. The summed E-state index contributed by atoms with van der Waals surface area (Å²) in [6, 6.07) is 19.1. The van der Waals surface area contributed by atoms with E-state index in [9.17, 15) is 9.59 Å². The lowest BCUT2D eigenvalue weighted by atomic mass is 10.1. The standard InChI is InChI=1S/C18H12N4O2/c19-11-12-5-4-8-14(9-12)20-17(23)16-10-15(21-18(24)22-16)13-6-2-1-3-7-13/h1-10H,(H,20,23)(H,21,22,24). The van der Waals surface area contributed by atoms with Crippen molar-refractivity contribution in [2.45, 2.75) is 0 Å². The number of carbonyl (C=O) groups is 1. The van der Waals surface area contributed by atoms with E-state index in [4.69, 9.17) is 5.26 Å². The van der Waals surface area contributed by atoms with Crippen molar-refractivity contribution in [1.29, 1.82) is 5.26 Å². The summed E-state index contributed by atoms with van der Waals surface area (Å²) in [6.07, 6.45) is 0. The topological polar surface area (TPSA) is 98.6 Å². The molecule has 3 aromatic rings. The third-order valence-corrected chi connectivity index (χ3v) is 3.31. The second-order valence-electron chi connectivity index (χ2n) is 5.00. The number of rotatable bonds is 3. The highest BCUT2D eigenvalue weighted by molar-refractivity contribution is 6.03. The van der Waals surface area contributed by atoms with E-state index >= 15 is 0 Å². The number of hydrogen-bond donors (Lipinski definition) is 2. The second kappa shape index (κ2) is 6.58. The second-order valence-corrected chi connectivity index (χ2v) is 5.00. The Morgan fingerprint density at radius 1 is 1.08 bits per heavy atom. The Balaban J connectivity index is 1.91. The van der Waals surface area contributed by atoms with Crippen LogP contribution in [0.25, 0.3) is 11.3 Å². The van der Waals surface area contributed by atoms with Crippen LogP contribution in [-0.4, -0.2) is 15.9 Å². The number of carbonyl (C=O) groups excluding carboxylic acids is 1. The van der Waals surface area contributed by atoms with Crippen LogP contribution in [0.1, 0.15) is 16.1 Å². The number of anilines is 1. The summed E-state index contributed by atoms with van der Waals surface area (Å²) in [5.41, 5.74) is 1.54. The van der Waals surface area contributed by atoms with E-state index in [-0.39, 0.29) is 5.69 Å². The maximum Gasteiger partial charge on any atom is 0.346 e. The minimum atomic E-state index is -0.604. The number of amides is 1. The smallest absolute Gasteiger partial charge is 0.321 e. The summed E-state index contributed by atoms with van der Waals surface area (Å²) >= 11 is 0. The monoisotopic (exact) mass is 316 g/mol. The largest absolute Gasteiger partial charge is 0.346 e. The highest BCUT2D eigenvalue weighted by atomic mass is 16.2. The van der Waals surface area contributed by atoms with E-state index in [1.165, 1.54) is 6.07 Å². The molecule has 6 heteroatoms. The minimum absolute atomic E-state index is 0.0937. The zero-order valence-corrected chi connectivity index (χ0v) is 12.5. The van der Waals surface area contributed by atoms with Gasteiger partial charge >= 0.3 is 5.69 Å². The molecule has 0 saturated carbocycles. The summed E-state index contributed by atoms with van der Waals surface area (Å²) in [5, 5.41) is 11.5. The van der Waals surface area contributed by atoms with Crippen molar-refractivity contribution in [3.05, 3.63) is 82.4 Å². The van der Waals surface area contributed by atoms with Crippen molar-refractivity contribution in [3.8, 4) is 17.3 Å². The Morgan fingerprint density at radius 2 is 1.88 bits per heavy atom. The van der Waals surface area contributed by atoms with Crippen LogP contribution in [0, 0.1) is 11.3 Å². The molecule has 0 spiro atoms. The van der Waals surface area contributed by atoms with Crippen molar-refractivity contribution in [1.82, 2.24) is 9.97 Å². The number of nitrogens with zero attached hydrogens (tertiary/aromatic N) is 2. The van der Waals surface area contributed by atoms with Crippen LogP contribution < -0.4 is 11.0 Å². The van der Waals surface area contributed by atoms with Gasteiger partial charge in [0.2, 0.25) is 0 Å². The molecule has 0 radical (unpaired) electrons. The van der Waals surface area contributed by atoms with Gasteiger partial charge in [-0.25, -0.2) is 4.79 Å². The third-order valence-electron chi connectivity index (χ3n) is 3.31. The number of nitrogens with one attached hydrogen (secondary N) is 2. The maximum absolute atomic E-state index is 12.4. The van der Waals surface area contributed by atoms with Gasteiger partial charge < -0.3 is 10.3 Å². The molecule has 1 aromatic heterocycles. The predicted octanol–water partition coefficient (Wildman–Crippen LogP) is 2.56. The van der Waals surface area contributed by atoms with Gasteiger partial charge in [-0.3, -0.25) is 4.79 Å². The average molecular weight is 316 g/mol. The van der Waals surface area contributed by atoms with E-state index in [1.807, 2.05) is 24.3 Å². The number of nitriles is 1. The van der Waals surface area contributed by atoms with Gasteiger partial charge in [0.15, 0.2) is 0 Å². The lowest BCUT2D eigenvalue weighted by Crippen LogP contribution is -2.21. The molecule has 0 atom stereocenters. The Kier molecular flexibility index (Phi) is 4.17. The predicted molar refractivity (Wildman–Crippen MR) is 89.4 cm³/mol. The Labute approximate surface area is 137 Å². The van der Waals surface area contributed by atoms with Gasteiger partial charge in [-0.15, -0.1) is 0 Å². The SMILES string of the molecule is N#Cc1cccc(NC(=O)c2cc(-c3ccccc3)nc(=O)[nH]2)c1. The number of hydrogen-bond acceptors (Lipinski definition) is 4. The number of H-pyrrole nitrogens is 1. The lowest BCUT2D eigenvalue weighted by molar-refractivity contribution is 0.102. The Morgan fingerprint density at radius 3 is 2.62 bits per heavy atom. The summed E-state index contributed by atoms with van der Waals surface area (Å²) in [7, 11) is 0. The van der Waals surface area contributed by atoms with Crippen LogP contribution >= 0.6 is 0 Å². The maximum atomic E-state index is 12.4. The molecule has 0 bridgehead atoms. The first-order chi connectivity index (χ1) is 11.7. The molecule has 0 aliphatic carbocycles. The Bertz CT molecular complexity index is 988. The van der Waals surface area contributed by atoms with Crippen molar-refractivity contribution >= 4 is 11.6 Å². The Hall–Kier alpha value is -3.72. The van der Waals surface area contributed by atoms with E-state index in [0.29, 0.717) is 16.9 Å². The van der Waals surface area contributed by atoms with Crippen LogP contribution in [0.3, 0.4) is 0 Å². The molecule has 24 heavy (non-hydrogen) atoms. The number of aromatic nitrogens is 2. The van der Waals surface area contributed by atoms with Crippen molar-refractivity contribution < 1.29 is 4.79 Å². The van der Waals surface area contributed by atoms with Crippen molar-refractivity contribution in [2.75, 3.05) is 5.32 Å². The molecule has 6 nitrogen and oxygen atoms in total. The minimum Gasteiger partial charge on any atom is -0.321 e. The molecule has 0 aliphatic rings. The quantitative estimate of drug-likeness (QED) is 0.775. The molecule has 116 valence electrons. The average Bonchev–Trinajstić information content (AvgIpc) is 2.62. The fraction of sp³-hybridized carbons (Fsp3) is 0. The molecule has 3 rings (SSSR count). The molecule has 0 saturated heterocycles. The summed E-state index contributed by atoms with van der Waals surface area (Å²) < 4.78 is 0. The summed E-state index contributed by atoms with van der Waals surface area (Å²) in [6.45, 7) is 0. The lowest BCUT2D eigenvalue weighted by Gasteiger charge is -2.07. The molecule has 2 aromatic carbocycles. The van der Waals surface area contributed by atoms with Crippen LogP contribution in [0.4, 0.5) is 5.69 Å². The van der Waals surface area contributed by atoms with Gasteiger partial charge in [0.1, 0.15) is 5.69 Å². The molecule has 0 fully saturated rings. The molecular formula is C18H12N4O2. The molecule has 0 unspecified atom stereocenters. The first-order valence-corrected chi connectivity index (χ1v) is 7.14. The number of benzene rings is 2. The van der Waals surface area contributed by atoms with Gasteiger partial charge in [-0.05, 0) is 24.3 Å². The highest BCUT2D eigenvalue weighted by Crippen LogP contribution is 2.16. The van der Waals surface area contributed by atoms with Crippen LogP contribution in [0.2, 0.25) is 0 Å². The molecule has 1 heterocycles. The van der Waals surface area contributed by atoms with Gasteiger partial charge in [0.05, 0.1) is 17.3 Å². The first kappa shape index (κ1) is 15.2. The van der Waals surface area contributed by atoms with Gasteiger partial charge in [-0.1, -0.05) is 36.4 Å². The fourth-order valence-electron chi connectivity index (χ4n) is 2.20. The molecule has 0 aliphatic heterocycles. The highest BCUT2D eigenvalue weighted by Gasteiger charge is 2.11. The van der Waals surface area contributed by atoms with Crippen molar-refractivity contribution in [3.63, 3.8) is 0 Å². The van der Waals surface area contributed by atoms with Gasteiger partial charge in [-0.2, -0.15) is 10.2 Å². The summed E-state index contributed by atoms with van der Waals surface area (Å²) in [4.78, 5) is 30.4. The van der Waals surface area contributed by atoms with Crippen LogP contribution in [0.15, 0.2) is 65.5 Å². The van der Waals surface area contributed by atoms with E-state index in [1.54, 1.807) is 36.4 Å². The van der Waals surface area contributed by atoms with Crippen LogP contribution in [0.5, 0.6) is 0 Å². The van der Waals surface area contributed by atoms with Gasteiger partial charge in [0.25, 0.3) is 5.91 Å². The van der Waals surface area contributed by atoms with Gasteiger partial charge in [0, 0.05) is 11.3 Å².